The highest BCUT2D eigenvalue weighted by Gasteiger charge is 2.27. The van der Waals surface area contributed by atoms with Crippen molar-refractivity contribution in [3.63, 3.8) is 0 Å². The monoisotopic (exact) mass is 430 g/mol. The molecule has 0 spiro atoms. The van der Waals surface area contributed by atoms with Gasteiger partial charge in [0.1, 0.15) is 11.8 Å². The van der Waals surface area contributed by atoms with Crippen LogP contribution in [0.15, 0.2) is 48.5 Å². The summed E-state index contributed by atoms with van der Waals surface area (Å²) in [6.45, 7) is 9.70. The van der Waals surface area contributed by atoms with Crippen LogP contribution in [-0.2, 0) is 16.1 Å². The average Bonchev–Trinajstić information content (AvgIpc) is 2.70. The summed E-state index contributed by atoms with van der Waals surface area (Å²) in [7, 11) is 0. The lowest BCUT2D eigenvalue weighted by Gasteiger charge is -2.29. The zero-order valence-electron chi connectivity index (χ0n) is 18.3. The van der Waals surface area contributed by atoms with E-state index in [0.29, 0.717) is 10.8 Å². The molecular formula is C24H31ClN2O3. The number of benzene rings is 2. The minimum absolute atomic E-state index is 0.0219. The summed E-state index contributed by atoms with van der Waals surface area (Å²) in [5.41, 5.74) is 1.81. The fourth-order valence-corrected chi connectivity index (χ4v) is 3.30. The third kappa shape index (κ3) is 6.49. The number of carbonyl (C=O) groups excluding carboxylic acids is 2. The molecule has 0 saturated carbocycles. The summed E-state index contributed by atoms with van der Waals surface area (Å²) in [5, 5.41) is 3.42. The summed E-state index contributed by atoms with van der Waals surface area (Å²) in [6.07, 6.45) is 0. The molecule has 5 nitrogen and oxygen atoms in total. The molecule has 0 fully saturated rings. The van der Waals surface area contributed by atoms with Crippen LogP contribution < -0.4 is 10.1 Å². The lowest BCUT2D eigenvalue weighted by Crippen LogP contribution is -2.50. The molecule has 30 heavy (non-hydrogen) atoms. The van der Waals surface area contributed by atoms with Crippen molar-refractivity contribution in [2.24, 2.45) is 0 Å². The number of carbonyl (C=O) groups is 2. The number of ether oxygens (including phenoxy) is 1. The number of para-hydroxylation sites is 1. The smallest absolute Gasteiger partial charge is 0.261 e. The Bertz CT molecular complexity index is 867. The van der Waals surface area contributed by atoms with Gasteiger partial charge < -0.3 is 15.0 Å². The first-order valence-corrected chi connectivity index (χ1v) is 10.6. The van der Waals surface area contributed by atoms with E-state index in [0.717, 1.165) is 11.1 Å². The molecule has 6 heteroatoms. The highest BCUT2D eigenvalue weighted by atomic mass is 35.5. The van der Waals surface area contributed by atoms with Crippen molar-refractivity contribution in [3.05, 3.63) is 64.7 Å². The third-order valence-electron chi connectivity index (χ3n) is 4.79. The van der Waals surface area contributed by atoms with Gasteiger partial charge in [0.15, 0.2) is 6.61 Å². The molecule has 2 aromatic rings. The maximum absolute atomic E-state index is 13.1. The van der Waals surface area contributed by atoms with Gasteiger partial charge in [-0.2, -0.15) is 0 Å². The van der Waals surface area contributed by atoms with E-state index < -0.39 is 6.04 Å². The zero-order valence-corrected chi connectivity index (χ0v) is 19.1. The largest absolute Gasteiger partial charge is 0.483 e. The van der Waals surface area contributed by atoms with Gasteiger partial charge in [-0.15, -0.1) is 0 Å². The van der Waals surface area contributed by atoms with E-state index in [-0.39, 0.29) is 36.9 Å². The fourth-order valence-electron chi connectivity index (χ4n) is 3.11. The highest BCUT2D eigenvalue weighted by Crippen LogP contribution is 2.26. The number of halogens is 1. The van der Waals surface area contributed by atoms with Crippen LogP contribution in [0.3, 0.4) is 0 Å². The predicted octanol–water partition coefficient (Wildman–Crippen LogP) is 4.78. The first-order chi connectivity index (χ1) is 14.2. The Morgan fingerprint density at radius 2 is 1.63 bits per heavy atom. The molecule has 162 valence electrons. The maximum atomic E-state index is 13.1. The molecule has 0 radical (unpaired) electrons. The van der Waals surface area contributed by atoms with Crippen molar-refractivity contribution in [3.8, 4) is 5.75 Å². The van der Waals surface area contributed by atoms with E-state index in [4.69, 9.17) is 16.3 Å². The van der Waals surface area contributed by atoms with Crippen molar-refractivity contribution in [2.45, 2.75) is 59.2 Å². The second kappa shape index (κ2) is 11.0. The van der Waals surface area contributed by atoms with Crippen LogP contribution in [0.25, 0.3) is 0 Å². The predicted molar refractivity (Wildman–Crippen MR) is 121 cm³/mol. The summed E-state index contributed by atoms with van der Waals surface area (Å²) in [6, 6.07) is 14.3. The minimum atomic E-state index is -0.667. The molecule has 0 bridgehead atoms. The molecule has 0 saturated heterocycles. The standard InChI is InChI=1S/C24H31ClN2O3/c1-16(2)20-11-7-9-13-22(20)30-15-23(28)27(18(5)24(29)26-17(3)4)14-19-10-6-8-12-21(19)25/h6-13,16-18H,14-15H2,1-5H3,(H,26,29). The Balaban J connectivity index is 2.21. The Hall–Kier alpha value is -2.53. The van der Waals surface area contributed by atoms with Crippen LogP contribution in [-0.4, -0.2) is 35.4 Å². The molecule has 1 atom stereocenters. The summed E-state index contributed by atoms with van der Waals surface area (Å²) < 4.78 is 5.86. The molecule has 1 unspecified atom stereocenters. The summed E-state index contributed by atoms with van der Waals surface area (Å²) >= 11 is 6.30. The van der Waals surface area contributed by atoms with Gasteiger partial charge in [0.2, 0.25) is 5.91 Å². The van der Waals surface area contributed by atoms with E-state index in [2.05, 4.69) is 19.2 Å². The molecule has 0 heterocycles. The maximum Gasteiger partial charge on any atom is 0.261 e. The number of nitrogens with zero attached hydrogens (tertiary/aromatic N) is 1. The Morgan fingerprint density at radius 3 is 2.27 bits per heavy atom. The minimum Gasteiger partial charge on any atom is -0.483 e. The van der Waals surface area contributed by atoms with E-state index >= 15 is 0 Å². The first kappa shape index (κ1) is 23.7. The van der Waals surface area contributed by atoms with Gasteiger partial charge in [-0.3, -0.25) is 9.59 Å². The van der Waals surface area contributed by atoms with Gasteiger partial charge in [-0.05, 0) is 49.9 Å². The Morgan fingerprint density at radius 1 is 1.00 bits per heavy atom. The van der Waals surface area contributed by atoms with Crippen molar-refractivity contribution in [2.75, 3.05) is 6.61 Å². The molecule has 2 rings (SSSR count). The lowest BCUT2D eigenvalue weighted by molar-refractivity contribution is -0.142. The Kier molecular flexibility index (Phi) is 8.72. The summed E-state index contributed by atoms with van der Waals surface area (Å²) in [5.74, 6) is 0.456. The fraction of sp³-hybridized carbons (Fsp3) is 0.417. The second-order valence-electron chi connectivity index (χ2n) is 7.93. The van der Waals surface area contributed by atoms with Crippen molar-refractivity contribution in [1.29, 1.82) is 0 Å². The van der Waals surface area contributed by atoms with Crippen LogP contribution in [0.4, 0.5) is 0 Å². The van der Waals surface area contributed by atoms with Crippen LogP contribution in [0.2, 0.25) is 5.02 Å². The number of hydrogen-bond donors (Lipinski definition) is 1. The SMILES string of the molecule is CC(C)NC(=O)C(C)N(Cc1ccccc1Cl)C(=O)COc1ccccc1C(C)C. The molecule has 0 aromatic heterocycles. The Labute approximate surface area is 184 Å². The average molecular weight is 431 g/mol. The number of nitrogens with one attached hydrogen (secondary N) is 1. The summed E-state index contributed by atoms with van der Waals surface area (Å²) in [4.78, 5) is 27.2. The van der Waals surface area contributed by atoms with Crippen LogP contribution >= 0.6 is 11.6 Å². The molecule has 2 aromatic carbocycles. The number of hydrogen-bond acceptors (Lipinski definition) is 3. The molecule has 0 aliphatic rings. The van der Waals surface area contributed by atoms with E-state index in [1.165, 1.54) is 4.90 Å². The van der Waals surface area contributed by atoms with Crippen LogP contribution in [0, 0.1) is 0 Å². The zero-order chi connectivity index (χ0) is 22.3. The van der Waals surface area contributed by atoms with Crippen LogP contribution in [0.1, 0.15) is 51.7 Å². The number of rotatable bonds is 9. The lowest BCUT2D eigenvalue weighted by atomic mass is 10.0. The van der Waals surface area contributed by atoms with Crippen molar-refractivity contribution in [1.82, 2.24) is 10.2 Å². The van der Waals surface area contributed by atoms with E-state index in [9.17, 15) is 9.59 Å². The van der Waals surface area contributed by atoms with Gasteiger partial charge in [-0.25, -0.2) is 0 Å². The molecular weight excluding hydrogens is 400 g/mol. The second-order valence-corrected chi connectivity index (χ2v) is 8.34. The van der Waals surface area contributed by atoms with Crippen molar-refractivity contribution < 1.29 is 14.3 Å². The van der Waals surface area contributed by atoms with E-state index in [1.807, 2.05) is 56.3 Å². The van der Waals surface area contributed by atoms with Gasteiger partial charge in [0, 0.05) is 17.6 Å². The number of amides is 2. The molecule has 0 aliphatic carbocycles. The topological polar surface area (TPSA) is 58.6 Å². The first-order valence-electron chi connectivity index (χ1n) is 10.3. The quantitative estimate of drug-likeness (QED) is 0.622. The van der Waals surface area contributed by atoms with Gasteiger partial charge in [0.25, 0.3) is 5.91 Å². The van der Waals surface area contributed by atoms with Gasteiger partial charge in [-0.1, -0.05) is 61.8 Å². The normalized spacial score (nSPS) is 12.0. The van der Waals surface area contributed by atoms with Gasteiger partial charge >= 0.3 is 0 Å². The van der Waals surface area contributed by atoms with E-state index in [1.54, 1.807) is 13.0 Å². The van der Waals surface area contributed by atoms with Crippen LogP contribution in [0.5, 0.6) is 5.75 Å². The highest BCUT2D eigenvalue weighted by molar-refractivity contribution is 6.31. The van der Waals surface area contributed by atoms with Gasteiger partial charge in [0.05, 0.1) is 0 Å². The molecule has 0 aliphatic heterocycles. The third-order valence-corrected chi connectivity index (χ3v) is 5.16. The molecule has 1 N–H and O–H groups in total. The molecule has 2 amide bonds. The van der Waals surface area contributed by atoms with Crippen molar-refractivity contribution >= 4 is 23.4 Å².